The molecule has 5 heteroatoms. The first-order valence-electron chi connectivity index (χ1n) is 5.19. The molecule has 0 fully saturated rings. The lowest BCUT2D eigenvalue weighted by Gasteiger charge is -2.02. The molecule has 1 aromatic carbocycles. The molecule has 0 aliphatic heterocycles. The highest BCUT2D eigenvalue weighted by Crippen LogP contribution is 2.18. The molecule has 0 saturated carbocycles. The number of nitrogens with one attached hydrogen (secondary N) is 1. The van der Waals surface area contributed by atoms with Crippen LogP contribution >= 0.6 is 0 Å². The SMILES string of the molecule is COC(=O)c1ccc(C#CCNC(C)=O)cc1O. The quantitative estimate of drug-likeness (QED) is 0.595. The number of phenolic OH excluding ortho intramolecular Hbond substituents is 1. The zero-order chi connectivity index (χ0) is 13.5. The minimum atomic E-state index is -0.606. The van der Waals surface area contributed by atoms with Crippen LogP contribution in [-0.4, -0.2) is 30.6 Å². The van der Waals surface area contributed by atoms with Crippen molar-refractivity contribution >= 4 is 11.9 Å². The molecule has 18 heavy (non-hydrogen) atoms. The van der Waals surface area contributed by atoms with Crippen molar-refractivity contribution in [3.8, 4) is 17.6 Å². The molecule has 5 nitrogen and oxygen atoms in total. The van der Waals surface area contributed by atoms with Crippen LogP contribution in [0.2, 0.25) is 0 Å². The lowest BCUT2D eigenvalue weighted by molar-refractivity contribution is -0.118. The van der Waals surface area contributed by atoms with Gasteiger partial charge in [-0.3, -0.25) is 4.79 Å². The molecule has 0 radical (unpaired) electrons. The summed E-state index contributed by atoms with van der Waals surface area (Å²) in [7, 11) is 1.24. The van der Waals surface area contributed by atoms with Crippen molar-refractivity contribution in [1.29, 1.82) is 0 Å². The average Bonchev–Trinajstić information content (AvgIpc) is 2.33. The molecular formula is C13H13NO4. The van der Waals surface area contributed by atoms with Gasteiger partial charge in [0.25, 0.3) is 0 Å². The van der Waals surface area contributed by atoms with E-state index in [-0.39, 0.29) is 23.8 Å². The van der Waals surface area contributed by atoms with E-state index >= 15 is 0 Å². The second kappa shape index (κ2) is 6.30. The zero-order valence-electron chi connectivity index (χ0n) is 10.1. The van der Waals surface area contributed by atoms with Gasteiger partial charge in [0.2, 0.25) is 5.91 Å². The maximum Gasteiger partial charge on any atom is 0.341 e. The topological polar surface area (TPSA) is 75.6 Å². The highest BCUT2D eigenvalue weighted by atomic mass is 16.5. The summed E-state index contributed by atoms with van der Waals surface area (Å²) in [6.45, 7) is 1.63. The van der Waals surface area contributed by atoms with Gasteiger partial charge in [0, 0.05) is 12.5 Å². The lowest BCUT2D eigenvalue weighted by atomic mass is 10.1. The van der Waals surface area contributed by atoms with Crippen LogP contribution in [0.1, 0.15) is 22.8 Å². The van der Waals surface area contributed by atoms with E-state index < -0.39 is 5.97 Å². The third-order valence-corrected chi connectivity index (χ3v) is 2.06. The number of rotatable bonds is 2. The zero-order valence-corrected chi connectivity index (χ0v) is 10.1. The predicted octanol–water partition coefficient (Wildman–Crippen LogP) is 0.666. The standard InChI is InChI=1S/C13H13NO4/c1-9(15)14-7-3-4-10-5-6-11(12(16)8-10)13(17)18-2/h5-6,8,16H,7H2,1-2H3,(H,14,15). The first kappa shape index (κ1) is 13.6. The third-order valence-electron chi connectivity index (χ3n) is 2.06. The van der Waals surface area contributed by atoms with E-state index in [0.29, 0.717) is 5.56 Å². The van der Waals surface area contributed by atoms with E-state index in [4.69, 9.17) is 0 Å². The molecule has 0 saturated heterocycles. The van der Waals surface area contributed by atoms with E-state index in [1.807, 2.05) is 0 Å². The van der Waals surface area contributed by atoms with Crippen LogP contribution in [0.25, 0.3) is 0 Å². The van der Waals surface area contributed by atoms with Gasteiger partial charge in [0.15, 0.2) is 0 Å². The minimum absolute atomic E-state index is 0.0879. The lowest BCUT2D eigenvalue weighted by Crippen LogP contribution is -2.19. The second-order valence-corrected chi connectivity index (χ2v) is 3.44. The number of ether oxygens (including phenoxy) is 1. The van der Waals surface area contributed by atoms with E-state index in [9.17, 15) is 14.7 Å². The van der Waals surface area contributed by atoms with E-state index in [0.717, 1.165) is 0 Å². The molecule has 0 heterocycles. The van der Waals surface area contributed by atoms with Crippen molar-refractivity contribution in [1.82, 2.24) is 5.32 Å². The molecule has 1 amide bonds. The van der Waals surface area contributed by atoms with Crippen LogP contribution in [0.5, 0.6) is 5.75 Å². The molecule has 0 atom stereocenters. The van der Waals surface area contributed by atoms with Gasteiger partial charge in [0.05, 0.1) is 13.7 Å². The number of carbonyl (C=O) groups is 2. The van der Waals surface area contributed by atoms with Crippen molar-refractivity contribution < 1.29 is 19.4 Å². The summed E-state index contributed by atoms with van der Waals surface area (Å²) in [5.74, 6) is 4.51. The monoisotopic (exact) mass is 247 g/mol. The Morgan fingerprint density at radius 2 is 2.17 bits per heavy atom. The van der Waals surface area contributed by atoms with Gasteiger partial charge in [-0.05, 0) is 18.2 Å². The summed E-state index contributed by atoms with van der Waals surface area (Å²) in [4.78, 5) is 21.8. The van der Waals surface area contributed by atoms with Crippen LogP contribution in [0, 0.1) is 11.8 Å². The third kappa shape index (κ3) is 3.83. The van der Waals surface area contributed by atoms with Crippen LogP contribution in [0.15, 0.2) is 18.2 Å². The van der Waals surface area contributed by atoms with Gasteiger partial charge in [-0.15, -0.1) is 0 Å². The Morgan fingerprint density at radius 1 is 1.44 bits per heavy atom. The van der Waals surface area contributed by atoms with Gasteiger partial charge in [0.1, 0.15) is 11.3 Å². The van der Waals surface area contributed by atoms with Gasteiger partial charge in [-0.1, -0.05) is 11.8 Å². The molecule has 0 aliphatic rings. The fraction of sp³-hybridized carbons (Fsp3) is 0.231. The Kier molecular flexibility index (Phi) is 4.76. The minimum Gasteiger partial charge on any atom is -0.507 e. The summed E-state index contributed by atoms with van der Waals surface area (Å²) in [6, 6.07) is 4.39. The van der Waals surface area contributed by atoms with Gasteiger partial charge < -0.3 is 15.2 Å². The van der Waals surface area contributed by atoms with E-state index in [2.05, 4.69) is 21.9 Å². The Hall–Kier alpha value is -2.48. The molecule has 94 valence electrons. The molecule has 0 spiro atoms. The predicted molar refractivity (Wildman–Crippen MR) is 65.0 cm³/mol. The van der Waals surface area contributed by atoms with Crippen molar-refractivity contribution in [2.45, 2.75) is 6.92 Å². The number of carbonyl (C=O) groups excluding carboxylic acids is 2. The number of hydrogen-bond acceptors (Lipinski definition) is 4. The van der Waals surface area contributed by atoms with Crippen molar-refractivity contribution in [2.75, 3.05) is 13.7 Å². The Balaban J connectivity index is 2.78. The fourth-order valence-corrected chi connectivity index (χ4v) is 1.21. The second-order valence-electron chi connectivity index (χ2n) is 3.44. The number of esters is 1. The number of amides is 1. The van der Waals surface area contributed by atoms with Crippen molar-refractivity contribution in [2.24, 2.45) is 0 Å². The number of aromatic hydroxyl groups is 1. The van der Waals surface area contributed by atoms with Crippen molar-refractivity contribution in [3.63, 3.8) is 0 Å². The Labute approximate surface area is 105 Å². The number of hydrogen-bond donors (Lipinski definition) is 2. The highest BCUT2D eigenvalue weighted by Gasteiger charge is 2.10. The van der Waals surface area contributed by atoms with Crippen molar-refractivity contribution in [3.05, 3.63) is 29.3 Å². The van der Waals surface area contributed by atoms with Crippen LogP contribution in [0.3, 0.4) is 0 Å². The molecule has 0 aliphatic carbocycles. The normalized spacial score (nSPS) is 9.00. The fourth-order valence-electron chi connectivity index (χ4n) is 1.21. The maximum absolute atomic E-state index is 11.2. The first-order valence-corrected chi connectivity index (χ1v) is 5.19. The molecule has 0 bridgehead atoms. The molecular weight excluding hydrogens is 234 g/mol. The summed E-state index contributed by atoms with van der Waals surface area (Å²) in [6.07, 6.45) is 0. The van der Waals surface area contributed by atoms with E-state index in [1.165, 1.54) is 26.2 Å². The molecule has 0 aromatic heterocycles. The van der Waals surface area contributed by atoms with Gasteiger partial charge in [-0.2, -0.15) is 0 Å². The molecule has 0 unspecified atom stereocenters. The summed E-state index contributed by atoms with van der Waals surface area (Å²) < 4.78 is 4.50. The van der Waals surface area contributed by atoms with Crippen LogP contribution < -0.4 is 5.32 Å². The number of benzene rings is 1. The van der Waals surface area contributed by atoms with E-state index in [1.54, 1.807) is 6.07 Å². The first-order chi connectivity index (χ1) is 8.54. The van der Waals surface area contributed by atoms with Crippen LogP contribution in [-0.2, 0) is 9.53 Å². The number of phenols is 1. The summed E-state index contributed by atoms with van der Waals surface area (Å²) >= 11 is 0. The highest BCUT2D eigenvalue weighted by molar-refractivity contribution is 5.92. The molecule has 2 N–H and O–H groups in total. The Bertz CT molecular complexity index is 526. The summed E-state index contributed by atoms with van der Waals surface area (Å²) in [5, 5.41) is 12.1. The summed E-state index contributed by atoms with van der Waals surface area (Å²) in [5.41, 5.74) is 0.635. The molecule has 1 aromatic rings. The average molecular weight is 247 g/mol. The van der Waals surface area contributed by atoms with Crippen LogP contribution in [0.4, 0.5) is 0 Å². The van der Waals surface area contributed by atoms with Gasteiger partial charge in [-0.25, -0.2) is 4.79 Å². The Morgan fingerprint density at radius 3 is 2.72 bits per heavy atom. The van der Waals surface area contributed by atoms with Gasteiger partial charge >= 0.3 is 5.97 Å². The smallest absolute Gasteiger partial charge is 0.341 e. The maximum atomic E-state index is 11.2. The molecule has 1 rings (SSSR count). The number of methoxy groups -OCH3 is 1. The largest absolute Gasteiger partial charge is 0.507 e.